The highest BCUT2D eigenvalue weighted by Crippen LogP contribution is 2.24. The van der Waals surface area contributed by atoms with Crippen LogP contribution in [-0.2, 0) is 21.4 Å². The molecule has 4 rings (SSSR count). The molecule has 2 aliphatic heterocycles. The molecule has 0 atom stereocenters. The Morgan fingerprint density at radius 2 is 1.85 bits per heavy atom. The van der Waals surface area contributed by atoms with Gasteiger partial charge in [0.2, 0.25) is 15.9 Å². The molecule has 0 spiro atoms. The Morgan fingerprint density at radius 1 is 1.11 bits per heavy atom. The third-order valence-corrected chi connectivity index (χ3v) is 7.02. The first-order chi connectivity index (χ1) is 13.0. The molecule has 0 saturated carbocycles. The SMILES string of the molecule is O=S(=O)(c1cccc(-c2nn(CN3CCCC3)c(=S)o2)c1)N1CCOCC1. The predicted molar refractivity (Wildman–Crippen MR) is 101 cm³/mol. The van der Waals surface area contributed by atoms with Gasteiger partial charge in [-0.1, -0.05) is 6.07 Å². The summed E-state index contributed by atoms with van der Waals surface area (Å²) >= 11 is 5.28. The average molecular weight is 411 g/mol. The summed E-state index contributed by atoms with van der Waals surface area (Å²) in [4.78, 5) is 2.77. The van der Waals surface area contributed by atoms with Crippen molar-refractivity contribution >= 4 is 22.2 Å². The van der Waals surface area contributed by atoms with Gasteiger partial charge in [-0.05, 0) is 56.3 Å². The van der Waals surface area contributed by atoms with Crippen molar-refractivity contribution in [3.05, 3.63) is 29.1 Å². The molecule has 0 radical (unpaired) electrons. The lowest BCUT2D eigenvalue weighted by Crippen LogP contribution is -2.40. The monoisotopic (exact) mass is 410 g/mol. The fourth-order valence-corrected chi connectivity index (χ4v) is 4.98. The number of ether oxygens (including phenoxy) is 1. The summed E-state index contributed by atoms with van der Waals surface area (Å²) in [7, 11) is -3.57. The van der Waals surface area contributed by atoms with Crippen molar-refractivity contribution in [2.45, 2.75) is 24.4 Å². The van der Waals surface area contributed by atoms with Crippen molar-refractivity contribution < 1.29 is 17.6 Å². The molecule has 0 bridgehead atoms. The molecular weight excluding hydrogens is 388 g/mol. The van der Waals surface area contributed by atoms with Crippen LogP contribution in [0.4, 0.5) is 0 Å². The van der Waals surface area contributed by atoms with Crippen LogP contribution in [0.5, 0.6) is 0 Å². The minimum Gasteiger partial charge on any atom is -0.409 e. The number of nitrogens with zero attached hydrogens (tertiary/aromatic N) is 4. The number of rotatable bonds is 5. The molecule has 146 valence electrons. The van der Waals surface area contributed by atoms with Crippen LogP contribution >= 0.6 is 12.2 Å². The first-order valence-electron chi connectivity index (χ1n) is 9.03. The van der Waals surface area contributed by atoms with Gasteiger partial charge < -0.3 is 9.15 Å². The molecule has 8 nitrogen and oxygen atoms in total. The maximum absolute atomic E-state index is 12.9. The number of hydrogen-bond acceptors (Lipinski definition) is 7. The Kier molecular flexibility index (Phi) is 5.42. The van der Waals surface area contributed by atoms with Gasteiger partial charge in [-0.3, -0.25) is 4.90 Å². The van der Waals surface area contributed by atoms with E-state index in [0.717, 1.165) is 13.1 Å². The number of likely N-dealkylation sites (tertiary alicyclic amines) is 1. The van der Waals surface area contributed by atoms with Gasteiger partial charge >= 0.3 is 0 Å². The van der Waals surface area contributed by atoms with Crippen molar-refractivity contribution in [1.82, 2.24) is 19.0 Å². The van der Waals surface area contributed by atoms with Gasteiger partial charge in [0, 0.05) is 18.7 Å². The Morgan fingerprint density at radius 3 is 2.59 bits per heavy atom. The van der Waals surface area contributed by atoms with E-state index in [1.54, 1.807) is 28.9 Å². The van der Waals surface area contributed by atoms with Gasteiger partial charge in [0.25, 0.3) is 4.84 Å². The van der Waals surface area contributed by atoms with E-state index in [9.17, 15) is 8.42 Å². The van der Waals surface area contributed by atoms with Gasteiger partial charge in [-0.2, -0.15) is 4.31 Å². The number of benzene rings is 1. The van der Waals surface area contributed by atoms with Gasteiger partial charge in [0.15, 0.2) is 0 Å². The van der Waals surface area contributed by atoms with Crippen molar-refractivity contribution in [3.8, 4) is 11.5 Å². The predicted octanol–water partition coefficient (Wildman–Crippen LogP) is 1.95. The normalized spacial score (nSPS) is 19.6. The molecule has 1 aromatic carbocycles. The van der Waals surface area contributed by atoms with Crippen LogP contribution in [0.25, 0.3) is 11.5 Å². The van der Waals surface area contributed by atoms with Crippen LogP contribution in [0, 0.1) is 4.84 Å². The van der Waals surface area contributed by atoms with E-state index in [4.69, 9.17) is 21.4 Å². The zero-order valence-electron chi connectivity index (χ0n) is 14.9. The lowest BCUT2D eigenvalue weighted by Gasteiger charge is -2.26. The van der Waals surface area contributed by atoms with Crippen molar-refractivity contribution in [3.63, 3.8) is 0 Å². The third-order valence-electron chi connectivity index (χ3n) is 4.83. The zero-order valence-corrected chi connectivity index (χ0v) is 16.5. The second-order valence-corrected chi connectivity index (χ2v) is 8.97. The fourth-order valence-electron chi connectivity index (χ4n) is 3.35. The maximum Gasteiger partial charge on any atom is 0.288 e. The minimum absolute atomic E-state index is 0.220. The first-order valence-corrected chi connectivity index (χ1v) is 10.9. The Bertz CT molecular complexity index is 957. The second kappa shape index (κ2) is 7.80. The van der Waals surface area contributed by atoms with Crippen LogP contribution in [0.3, 0.4) is 0 Å². The van der Waals surface area contributed by atoms with Crippen molar-refractivity contribution in [2.24, 2.45) is 0 Å². The molecule has 27 heavy (non-hydrogen) atoms. The van der Waals surface area contributed by atoms with Crippen LogP contribution in [0.1, 0.15) is 12.8 Å². The topological polar surface area (TPSA) is 80.8 Å². The lowest BCUT2D eigenvalue weighted by molar-refractivity contribution is 0.0730. The van der Waals surface area contributed by atoms with E-state index in [-0.39, 0.29) is 4.90 Å². The summed E-state index contributed by atoms with van der Waals surface area (Å²) in [6.45, 7) is 4.18. The fraction of sp³-hybridized carbons (Fsp3) is 0.529. The van der Waals surface area contributed by atoms with Crippen molar-refractivity contribution in [2.75, 3.05) is 39.4 Å². The van der Waals surface area contributed by atoms with E-state index >= 15 is 0 Å². The number of morpholine rings is 1. The van der Waals surface area contributed by atoms with E-state index in [1.807, 2.05) is 0 Å². The van der Waals surface area contributed by atoms with Crippen LogP contribution < -0.4 is 0 Å². The zero-order chi connectivity index (χ0) is 18.9. The van der Waals surface area contributed by atoms with E-state index in [0.29, 0.717) is 49.3 Å². The molecule has 0 amide bonds. The quantitative estimate of drug-likeness (QED) is 0.697. The average Bonchev–Trinajstić information content (AvgIpc) is 3.33. The summed E-state index contributed by atoms with van der Waals surface area (Å²) in [5, 5.41) is 4.45. The third kappa shape index (κ3) is 3.99. The van der Waals surface area contributed by atoms with Gasteiger partial charge in [0.1, 0.15) is 0 Å². The van der Waals surface area contributed by atoms with E-state index in [1.165, 1.54) is 17.1 Å². The second-order valence-electron chi connectivity index (χ2n) is 6.68. The molecule has 10 heteroatoms. The molecular formula is C17H22N4O4S2. The molecule has 2 fully saturated rings. The highest BCUT2D eigenvalue weighted by molar-refractivity contribution is 7.89. The van der Waals surface area contributed by atoms with Crippen LogP contribution in [0.15, 0.2) is 33.6 Å². The molecule has 2 aliphatic rings. The van der Waals surface area contributed by atoms with Crippen LogP contribution in [-0.4, -0.2) is 66.8 Å². The molecule has 2 saturated heterocycles. The van der Waals surface area contributed by atoms with Gasteiger partial charge in [-0.25, -0.2) is 13.1 Å². The Labute approximate surface area is 163 Å². The van der Waals surface area contributed by atoms with E-state index < -0.39 is 10.0 Å². The smallest absolute Gasteiger partial charge is 0.288 e. The van der Waals surface area contributed by atoms with Crippen molar-refractivity contribution in [1.29, 1.82) is 0 Å². The minimum atomic E-state index is -3.57. The summed E-state index contributed by atoms with van der Waals surface area (Å²) in [5.74, 6) is 0.332. The highest BCUT2D eigenvalue weighted by atomic mass is 32.2. The molecule has 0 N–H and O–H groups in total. The highest BCUT2D eigenvalue weighted by Gasteiger charge is 2.27. The number of sulfonamides is 1. The standard InChI is InChI=1S/C17H22N4O4S2/c22-27(23,20-8-10-24-11-9-20)15-5-3-4-14(12-15)16-18-21(17(26)25-16)13-19-6-1-2-7-19/h3-5,12H,1-2,6-11,13H2. The molecule has 0 unspecified atom stereocenters. The summed E-state index contributed by atoms with van der Waals surface area (Å²) in [6.07, 6.45) is 2.36. The Balaban J connectivity index is 1.60. The van der Waals surface area contributed by atoms with Crippen LogP contribution in [0.2, 0.25) is 0 Å². The maximum atomic E-state index is 12.9. The first kappa shape index (κ1) is 18.8. The number of hydrogen-bond donors (Lipinski definition) is 0. The van der Waals surface area contributed by atoms with Gasteiger partial charge in [0.05, 0.1) is 24.8 Å². The Hall–Kier alpha value is -1.59. The lowest BCUT2D eigenvalue weighted by atomic mass is 10.2. The summed E-state index contributed by atoms with van der Waals surface area (Å²) in [5.41, 5.74) is 0.593. The van der Waals surface area contributed by atoms with Gasteiger partial charge in [-0.15, -0.1) is 5.10 Å². The van der Waals surface area contributed by atoms with E-state index in [2.05, 4.69) is 10.00 Å². The summed E-state index contributed by atoms with van der Waals surface area (Å²) in [6, 6.07) is 6.65. The number of aromatic nitrogens is 2. The molecule has 0 aliphatic carbocycles. The molecule has 3 heterocycles. The molecule has 2 aromatic rings. The molecule has 1 aromatic heterocycles. The largest absolute Gasteiger partial charge is 0.409 e. The summed E-state index contributed by atoms with van der Waals surface area (Å²) < 4.78 is 39.7.